The van der Waals surface area contributed by atoms with Crippen LogP contribution < -0.4 is 53.0 Å². The van der Waals surface area contributed by atoms with Gasteiger partial charge in [0.25, 0.3) is 0 Å². The number of anilines is 4. The van der Waals surface area contributed by atoms with E-state index in [0.29, 0.717) is 114 Å². The molecule has 33 nitrogen and oxygen atoms in total. The van der Waals surface area contributed by atoms with Crippen molar-refractivity contribution in [2.75, 3.05) is 145 Å². The summed E-state index contributed by atoms with van der Waals surface area (Å²) in [5.41, 5.74) is 12.4. The second-order valence-corrected chi connectivity index (χ2v) is 40.7. The minimum Gasteiger partial charge on any atom is -0.422 e. The van der Waals surface area contributed by atoms with Crippen LogP contribution in [0.4, 0.5) is 22.7 Å². The molecule has 5 aromatic carbocycles. The van der Waals surface area contributed by atoms with Crippen LogP contribution in [0, 0.1) is 25.7 Å². The number of hydrogen-bond acceptors (Lipinski definition) is 31. The summed E-state index contributed by atoms with van der Waals surface area (Å²) in [6, 6.07) is 45.8. The fourth-order valence-electron chi connectivity index (χ4n) is 21.3. The van der Waals surface area contributed by atoms with Gasteiger partial charge in [0.1, 0.15) is 37.9 Å². The third kappa shape index (κ3) is 17.4. The molecular weight excluding hydrogens is 1820 g/mol. The number of thiazole rings is 1. The number of nitrogens with zero attached hydrogens (tertiary/aromatic N) is 22. The number of rotatable bonds is 11. The maximum atomic E-state index is 12.7. The molecule has 23 heterocycles. The van der Waals surface area contributed by atoms with Crippen molar-refractivity contribution in [3.8, 4) is 56.3 Å². The van der Waals surface area contributed by atoms with Gasteiger partial charge in [-0.2, -0.15) is 10.2 Å². The van der Waals surface area contributed by atoms with Gasteiger partial charge in [-0.15, -0.1) is 11.3 Å². The lowest BCUT2D eigenvalue weighted by Gasteiger charge is -2.34. The van der Waals surface area contributed by atoms with Gasteiger partial charge in [-0.3, -0.25) is 13.2 Å². The van der Waals surface area contributed by atoms with Crippen LogP contribution in [0.1, 0.15) is 60.0 Å². The van der Waals surface area contributed by atoms with Gasteiger partial charge in [-0.25, -0.2) is 67.9 Å². The minimum atomic E-state index is -0.377. The maximum Gasteiger partial charge on any atom is 0.345 e. The monoisotopic (exact) mass is 1910 g/mol. The summed E-state index contributed by atoms with van der Waals surface area (Å²) in [7, 11) is 6.49. The number of imidazole rings is 5. The van der Waals surface area contributed by atoms with Gasteiger partial charge in [0.2, 0.25) is 21.5 Å². The number of nitrogens with one attached hydrogen (secondary N) is 1. The van der Waals surface area contributed by atoms with E-state index >= 15 is 0 Å². The fraction of sp³-hybridized carbons (Fsp3) is 0.320. The molecule has 8 aliphatic heterocycles. The van der Waals surface area contributed by atoms with Gasteiger partial charge in [-0.05, 0) is 194 Å². The summed E-state index contributed by atoms with van der Waals surface area (Å²) in [4.78, 5) is 116. The van der Waals surface area contributed by atoms with Crippen molar-refractivity contribution < 1.29 is 22.1 Å². The Balaban J connectivity index is 0.0000000945. The van der Waals surface area contributed by atoms with Crippen LogP contribution in [0.25, 0.3) is 138 Å². The highest BCUT2D eigenvalue weighted by Gasteiger charge is 2.57. The number of benzene rings is 5. The third-order valence-electron chi connectivity index (χ3n) is 28.7. The molecule has 0 radical (unpaired) electrons. The quantitative estimate of drug-likeness (QED) is 0.118. The van der Waals surface area contributed by atoms with Crippen LogP contribution in [-0.4, -0.2) is 231 Å². The maximum absolute atomic E-state index is 12.7. The van der Waals surface area contributed by atoms with Crippen LogP contribution >= 0.6 is 34.0 Å². The molecule has 4 atom stereocenters. The van der Waals surface area contributed by atoms with E-state index in [2.05, 4.69) is 159 Å². The Labute approximate surface area is 805 Å². The van der Waals surface area contributed by atoms with E-state index in [1.54, 1.807) is 66.4 Å². The molecule has 2 aliphatic carbocycles. The van der Waals surface area contributed by atoms with E-state index in [9.17, 15) is 24.0 Å². The summed E-state index contributed by atoms with van der Waals surface area (Å²) in [5.74, 6) is 3.34. The Hall–Kier alpha value is -14.2. The Morgan fingerprint density at radius 3 is 1.21 bits per heavy atom. The van der Waals surface area contributed by atoms with Gasteiger partial charge >= 0.3 is 28.1 Å². The summed E-state index contributed by atoms with van der Waals surface area (Å²) in [5, 5.41) is 20.4. The molecule has 10 aliphatic rings. The van der Waals surface area contributed by atoms with Crippen LogP contribution in [0.3, 0.4) is 0 Å². The number of aromatic nitrogens is 14. The van der Waals surface area contributed by atoms with Crippen LogP contribution in [0.2, 0.25) is 0 Å². The second kappa shape index (κ2) is 36.3. The highest BCUT2D eigenvalue weighted by Crippen LogP contribution is 2.59. The summed E-state index contributed by atoms with van der Waals surface area (Å²) < 4.78 is 37.3. The first-order valence-corrected chi connectivity index (χ1v) is 49.9. The van der Waals surface area contributed by atoms with E-state index in [1.165, 1.54) is 92.9 Å². The molecular formula is C103H99N23O10S3. The van der Waals surface area contributed by atoms with Crippen molar-refractivity contribution in [1.82, 2.24) is 92.2 Å². The summed E-state index contributed by atoms with van der Waals surface area (Å²) >= 11 is 4.53. The predicted molar refractivity (Wildman–Crippen MR) is 542 cm³/mol. The highest BCUT2D eigenvalue weighted by molar-refractivity contribution is 7.17. The summed E-state index contributed by atoms with van der Waals surface area (Å²) in [6.45, 7) is 20.7. The molecule has 2 unspecified atom stereocenters. The zero-order valence-corrected chi connectivity index (χ0v) is 79.7. The lowest BCUT2D eigenvalue weighted by Crippen LogP contribution is -2.44. The van der Waals surface area contributed by atoms with Crippen molar-refractivity contribution in [2.45, 2.75) is 76.4 Å². The number of aryl methyl sites for hydroxylation is 2. The van der Waals surface area contributed by atoms with E-state index in [1.807, 2.05) is 133 Å². The zero-order chi connectivity index (χ0) is 94.0. The van der Waals surface area contributed by atoms with Crippen LogP contribution in [-0.2, 0) is 0 Å². The topological polar surface area (TPSA) is 327 Å². The standard InChI is InChI=1S/C23H22N4O2.C22H21N5O2.C21H20N4O2S.C19H19N5O2S.C18H17N5O2S/c1-26(2)21-16-9-15(10-17(16)21)13-4-5-14-8-18(22(28)29-20(14)11-13)19-12-27-7-3-6-24-23(27)25-19;28-21-18(19-14-26-7-1-6-23-22(26)24-19)12-15-2-3-17(13-20(15)29-21)27-11-10-25-8-4-16(27)5-9-25;26-20-17(18-13-24-9-10-28-21(24)22-18)11-14-1-2-16(12-19(14)27-20)25-8-7-23-5-3-15(25)4-6-23;1-12-21-24-11-16(20-19(24)27-12)15-9-13-3-4-14(10-17(13)26-18(15)25)23-7-5-22(2)6-8-23;1-11-21-23-10-15(20-18(23)26-11)14-8-12-2-3-13(9-16(12)25-17(14)24)22-6-4-19-5-7-22/h3-8,11-12,15-17,21H,9-10H2,1-2H3;1-3,6-7,12-14,16H,4-5,8-11H2;1-2,9-13,15H,3-8H2;3-4,9-11H,5-8H2,1-2H3;2-3,8-10,19H,4-7H2,1H3/t15?,16-,17+,21?;;;;. The molecule has 10 fully saturated rings. The number of hydrogen-bond donors (Lipinski definition) is 1. The van der Waals surface area contributed by atoms with E-state index in [4.69, 9.17) is 22.1 Å². The zero-order valence-electron chi connectivity index (χ0n) is 77.2. The molecule has 20 aromatic rings. The smallest absolute Gasteiger partial charge is 0.345 e. The van der Waals surface area contributed by atoms with Crippen molar-refractivity contribution in [3.63, 3.8) is 0 Å². The van der Waals surface area contributed by atoms with Crippen LogP contribution in [0.5, 0.6) is 0 Å². The Kier molecular flexibility index (Phi) is 22.8. The first-order valence-electron chi connectivity index (χ1n) is 47.4. The molecule has 0 spiro atoms. The molecule has 1 N–H and O–H groups in total. The minimum absolute atomic E-state index is 0.335. The van der Waals surface area contributed by atoms with E-state index in [0.717, 1.165) is 171 Å². The molecule has 139 heavy (non-hydrogen) atoms. The van der Waals surface area contributed by atoms with E-state index in [-0.39, 0.29) is 28.1 Å². The Morgan fingerprint density at radius 2 is 0.784 bits per heavy atom. The molecule has 0 amide bonds. The normalized spacial score (nSPS) is 20.3. The number of fused-ring (bicyclic) bond motifs is 19. The molecule has 2 saturated carbocycles. The first-order chi connectivity index (χ1) is 67.8. The predicted octanol–water partition coefficient (Wildman–Crippen LogP) is 14.7. The Bertz CT molecular complexity index is 8270. The molecule has 8 saturated heterocycles. The van der Waals surface area contributed by atoms with Crippen LogP contribution in [0.15, 0.2) is 247 Å². The lowest BCUT2D eigenvalue weighted by molar-refractivity contribution is 0.250. The summed E-state index contributed by atoms with van der Waals surface area (Å²) in [6.07, 6.45) is 25.3. The number of piperazine rings is 2. The molecule has 704 valence electrons. The SMILES string of the molecule is CN(C)C1[C@H]2CC(c3ccc4cc(-c5cn6cccnc6n5)c(=O)oc4c3)C[C@@H]12.Cc1nn2cc(-c3cc4ccc(N5CCN(C)CC5)cc4oc3=O)nc2s1.Cc1nn2cc(-c3cc4ccc(N5CCNCC5)cc4oc3=O)nc2s1.O=c1oc2cc(N3CCN4CCC3CC4)ccc2cc1-c1cn2cccnc2n1.O=c1oc2cc(N3CCN4CCC3CC4)ccc2cc1-c1cn2ccsc2n1. The highest BCUT2D eigenvalue weighted by atomic mass is 32.1. The number of likely N-dealkylation sites (N-methyl/N-ethyl adjacent to an activating group) is 1. The van der Waals surface area contributed by atoms with Crippen molar-refractivity contribution in [2.24, 2.45) is 11.8 Å². The van der Waals surface area contributed by atoms with E-state index < -0.39 is 0 Å². The molecule has 36 heteroatoms. The largest absolute Gasteiger partial charge is 0.422 e. The van der Waals surface area contributed by atoms with Crippen molar-refractivity contribution in [1.29, 1.82) is 0 Å². The lowest BCUT2D eigenvalue weighted by atomic mass is 9.92. The van der Waals surface area contributed by atoms with Gasteiger partial charge in [0.05, 0.1) is 68.7 Å². The van der Waals surface area contributed by atoms with Gasteiger partial charge in [0, 0.05) is 252 Å². The first kappa shape index (κ1) is 87.5. The molecule has 15 aromatic heterocycles. The molecule has 4 bridgehead atoms. The third-order valence-corrected chi connectivity index (χ3v) is 31.1. The van der Waals surface area contributed by atoms with Crippen molar-refractivity contribution in [3.05, 3.63) is 268 Å². The van der Waals surface area contributed by atoms with Crippen molar-refractivity contribution >= 4 is 138 Å². The van der Waals surface area contributed by atoms with Gasteiger partial charge in [0.15, 0.2) is 4.96 Å². The average Bonchev–Trinajstić information content (AvgIpc) is 1.57. The van der Waals surface area contributed by atoms with Gasteiger partial charge < -0.3 is 66.6 Å². The Morgan fingerprint density at radius 1 is 0.396 bits per heavy atom. The fourth-order valence-corrected chi connectivity index (χ4v) is 23.5. The molecule has 30 rings (SSSR count). The second-order valence-electron chi connectivity index (χ2n) is 37.5. The van der Waals surface area contributed by atoms with Gasteiger partial charge in [-0.1, -0.05) is 34.8 Å². The average molecular weight is 1920 g/mol. The number of piperidine rings is 2.